The van der Waals surface area contributed by atoms with Gasteiger partial charge in [0.25, 0.3) is 5.91 Å². The van der Waals surface area contributed by atoms with E-state index < -0.39 is 0 Å². The second-order valence-corrected chi connectivity index (χ2v) is 7.14. The number of nitrogens with zero attached hydrogens (tertiary/aromatic N) is 3. The van der Waals surface area contributed by atoms with Crippen molar-refractivity contribution in [3.05, 3.63) is 30.1 Å². The van der Waals surface area contributed by atoms with Crippen LogP contribution in [0.25, 0.3) is 11.0 Å². The van der Waals surface area contributed by atoms with E-state index >= 15 is 0 Å². The summed E-state index contributed by atoms with van der Waals surface area (Å²) in [6.45, 7) is 10.3. The highest BCUT2D eigenvalue weighted by Crippen LogP contribution is 2.31. The maximum atomic E-state index is 12.6. The molecule has 5 nitrogen and oxygen atoms in total. The lowest BCUT2D eigenvalue weighted by Crippen LogP contribution is -2.44. The third-order valence-corrected chi connectivity index (χ3v) is 5.00. The Morgan fingerprint density at radius 1 is 1.32 bits per heavy atom. The van der Waals surface area contributed by atoms with Crippen molar-refractivity contribution in [1.29, 1.82) is 0 Å². The van der Waals surface area contributed by atoms with Gasteiger partial charge in [0.2, 0.25) is 0 Å². The fourth-order valence-electron chi connectivity index (χ4n) is 3.86. The Morgan fingerprint density at radius 2 is 2.08 bits per heavy atom. The van der Waals surface area contributed by atoms with Gasteiger partial charge in [-0.15, -0.1) is 0 Å². The summed E-state index contributed by atoms with van der Waals surface area (Å²) in [6, 6.07) is 8.64. The molecule has 2 atom stereocenters. The molecule has 1 fully saturated rings. The van der Waals surface area contributed by atoms with Crippen LogP contribution in [-0.4, -0.2) is 46.2 Å². The van der Waals surface area contributed by atoms with E-state index in [4.69, 9.17) is 9.72 Å². The molecule has 0 unspecified atom stereocenters. The number of imidazole rings is 1. The van der Waals surface area contributed by atoms with Gasteiger partial charge in [0.1, 0.15) is 11.9 Å². The second kappa shape index (κ2) is 7.56. The van der Waals surface area contributed by atoms with Gasteiger partial charge in [0.05, 0.1) is 11.0 Å². The predicted molar refractivity (Wildman–Crippen MR) is 99.8 cm³/mol. The first-order chi connectivity index (χ1) is 12.0. The third kappa shape index (κ3) is 3.56. The number of hydrogen-bond donors (Lipinski definition) is 0. The molecule has 1 aliphatic rings. The number of fused-ring (bicyclic) bond motifs is 1. The third-order valence-electron chi connectivity index (χ3n) is 5.00. The topological polar surface area (TPSA) is 47.4 Å². The summed E-state index contributed by atoms with van der Waals surface area (Å²) in [4.78, 5) is 19.5. The van der Waals surface area contributed by atoms with E-state index in [2.05, 4.69) is 36.6 Å². The van der Waals surface area contributed by atoms with Crippen LogP contribution in [-0.2, 0) is 9.53 Å². The fraction of sp³-hybridized carbons (Fsp3) is 0.600. The monoisotopic (exact) mass is 343 g/mol. The van der Waals surface area contributed by atoms with Crippen LogP contribution in [0.15, 0.2) is 24.3 Å². The molecule has 136 valence electrons. The van der Waals surface area contributed by atoms with E-state index in [1.165, 1.54) is 5.52 Å². The van der Waals surface area contributed by atoms with Gasteiger partial charge in [-0.2, -0.15) is 0 Å². The Labute approximate surface area is 150 Å². The summed E-state index contributed by atoms with van der Waals surface area (Å²) in [6.07, 6.45) is 1.71. The first-order valence-electron chi connectivity index (χ1n) is 9.40. The zero-order valence-corrected chi connectivity index (χ0v) is 15.7. The van der Waals surface area contributed by atoms with Crippen LogP contribution in [0.1, 0.15) is 58.3 Å². The van der Waals surface area contributed by atoms with Crippen molar-refractivity contribution >= 4 is 16.9 Å². The van der Waals surface area contributed by atoms with Crippen LogP contribution in [0.4, 0.5) is 0 Å². The number of carbonyl (C=O) groups is 1. The van der Waals surface area contributed by atoms with Gasteiger partial charge in [0.15, 0.2) is 0 Å². The molecule has 3 rings (SSSR count). The zero-order chi connectivity index (χ0) is 18.0. The number of rotatable bonds is 5. The van der Waals surface area contributed by atoms with Gasteiger partial charge in [-0.3, -0.25) is 4.79 Å². The number of ether oxygens (including phenoxy) is 1. The molecule has 0 spiro atoms. The van der Waals surface area contributed by atoms with Crippen molar-refractivity contribution in [3.63, 3.8) is 0 Å². The Bertz CT molecular complexity index is 738. The van der Waals surface area contributed by atoms with Crippen molar-refractivity contribution in [2.75, 3.05) is 19.7 Å². The molecule has 1 aromatic carbocycles. The summed E-state index contributed by atoms with van der Waals surface area (Å²) >= 11 is 0. The van der Waals surface area contributed by atoms with Crippen LogP contribution < -0.4 is 0 Å². The number of hydrogen-bond acceptors (Lipinski definition) is 3. The minimum Gasteiger partial charge on any atom is -0.369 e. The lowest BCUT2D eigenvalue weighted by atomic mass is 9.96. The van der Waals surface area contributed by atoms with Gasteiger partial charge in [0, 0.05) is 31.7 Å². The molecule has 2 aromatic rings. The molecule has 0 N–H and O–H groups in total. The molecule has 0 radical (unpaired) electrons. The second-order valence-electron chi connectivity index (χ2n) is 7.14. The quantitative estimate of drug-likeness (QED) is 0.831. The minimum atomic E-state index is -0.368. The highest BCUT2D eigenvalue weighted by atomic mass is 16.5. The fourth-order valence-corrected chi connectivity index (χ4v) is 3.86. The molecule has 0 aliphatic carbocycles. The Hall–Kier alpha value is -1.88. The number of benzene rings is 1. The predicted octanol–water partition coefficient (Wildman–Crippen LogP) is 3.75. The van der Waals surface area contributed by atoms with E-state index in [0.29, 0.717) is 12.6 Å². The molecule has 2 heterocycles. The summed E-state index contributed by atoms with van der Waals surface area (Å²) < 4.78 is 7.83. The number of amides is 1. The van der Waals surface area contributed by atoms with Gasteiger partial charge >= 0.3 is 0 Å². The summed E-state index contributed by atoms with van der Waals surface area (Å²) in [7, 11) is 0. The Morgan fingerprint density at radius 3 is 2.80 bits per heavy atom. The summed E-state index contributed by atoms with van der Waals surface area (Å²) in [5, 5.41) is 0. The molecule has 1 aliphatic heterocycles. The maximum Gasteiger partial charge on any atom is 0.251 e. The molecular formula is C20H29N3O2. The number of carbonyl (C=O) groups excluding carboxylic acids is 1. The summed E-state index contributed by atoms with van der Waals surface area (Å²) in [5.74, 6) is 1.48. The number of likely N-dealkylation sites (tertiary alicyclic amines) is 1. The van der Waals surface area contributed by atoms with E-state index in [1.54, 1.807) is 0 Å². The Kier molecular flexibility index (Phi) is 5.42. The lowest BCUT2D eigenvalue weighted by molar-refractivity contribution is -0.143. The first-order valence-corrected chi connectivity index (χ1v) is 9.40. The highest BCUT2D eigenvalue weighted by Gasteiger charge is 2.31. The number of para-hydroxylation sites is 2. The first kappa shape index (κ1) is 17.9. The van der Waals surface area contributed by atoms with Crippen molar-refractivity contribution in [1.82, 2.24) is 14.5 Å². The van der Waals surface area contributed by atoms with Gasteiger partial charge in [-0.25, -0.2) is 4.98 Å². The molecule has 5 heteroatoms. The maximum absolute atomic E-state index is 12.6. The number of aromatic nitrogens is 2. The molecule has 0 saturated carbocycles. The van der Waals surface area contributed by atoms with Crippen LogP contribution in [0.2, 0.25) is 0 Å². The lowest BCUT2D eigenvalue weighted by Gasteiger charge is -2.34. The average molecular weight is 343 g/mol. The van der Waals surface area contributed by atoms with Crippen LogP contribution >= 0.6 is 0 Å². The molecular weight excluding hydrogens is 314 g/mol. The molecule has 1 saturated heterocycles. The van der Waals surface area contributed by atoms with Crippen LogP contribution in [0, 0.1) is 0 Å². The SMILES string of the molecule is CCO[C@@H](C)C(=O)N1CCC[C@H](c2nc3ccccc3n2C(C)C)C1. The smallest absolute Gasteiger partial charge is 0.251 e. The molecule has 1 amide bonds. The number of piperidine rings is 1. The zero-order valence-electron chi connectivity index (χ0n) is 15.7. The van der Waals surface area contributed by atoms with Crippen molar-refractivity contribution < 1.29 is 9.53 Å². The normalized spacial score (nSPS) is 19.6. The van der Waals surface area contributed by atoms with Gasteiger partial charge < -0.3 is 14.2 Å². The van der Waals surface area contributed by atoms with Gasteiger partial charge in [-0.05, 0) is 52.7 Å². The van der Waals surface area contributed by atoms with E-state index in [-0.39, 0.29) is 17.9 Å². The largest absolute Gasteiger partial charge is 0.369 e. The molecule has 0 bridgehead atoms. The van der Waals surface area contributed by atoms with Crippen molar-refractivity contribution in [2.24, 2.45) is 0 Å². The average Bonchev–Trinajstić information content (AvgIpc) is 3.01. The van der Waals surface area contributed by atoms with Crippen LogP contribution in [0.3, 0.4) is 0 Å². The Balaban J connectivity index is 1.88. The minimum absolute atomic E-state index is 0.0961. The van der Waals surface area contributed by atoms with E-state index in [0.717, 1.165) is 37.3 Å². The van der Waals surface area contributed by atoms with Crippen molar-refractivity contribution in [3.8, 4) is 0 Å². The van der Waals surface area contributed by atoms with E-state index in [9.17, 15) is 4.79 Å². The van der Waals surface area contributed by atoms with Gasteiger partial charge in [-0.1, -0.05) is 12.1 Å². The van der Waals surface area contributed by atoms with E-state index in [1.807, 2.05) is 24.8 Å². The molecule has 1 aromatic heterocycles. The van der Waals surface area contributed by atoms with Crippen molar-refractivity contribution in [2.45, 2.75) is 58.6 Å². The summed E-state index contributed by atoms with van der Waals surface area (Å²) in [5.41, 5.74) is 2.22. The van der Waals surface area contributed by atoms with Crippen LogP contribution in [0.5, 0.6) is 0 Å². The molecule has 25 heavy (non-hydrogen) atoms. The standard InChI is InChI=1S/C20H29N3O2/c1-5-25-15(4)20(24)22-12-8-9-16(13-22)19-21-17-10-6-7-11-18(17)23(19)14(2)3/h6-7,10-11,14-16H,5,8-9,12-13H2,1-4H3/t15-,16-/m0/s1. The highest BCUT2D eigenvalue weighted by molar-refractivity contribution is 5.81.